The molecule has 0 bridgehead atoms. The Hall–Kier alpha value is -3.03. The minimum Gasteiger partial charge on any atom is -0.493 e. The van der Waals surface area contributed by atoms with E-state index in [9.17, 15) is 13.6 Å². The molecule has 8 heteroatoms. The normalized spacial score (nSPS) is 15.6. The summed E-state index contributed by atoms with van der Waals surface area (Å²) >= 11 is 0. The van der Waals surface area contributed by atoms with E-state index in [1.165, 1.54) is 25.3 Å². The third kappa shape index (κ3) is 3.90. The Bertz CT molecular complexity index is 768. The molecule has 0 aliphatic carbocycles. The molecule has 3 rings (SSSR count). The molecule has 25 heavy (non-hydrogen) atoms. The van der Waals surface area contributed by atoms with Crippen molar-refractivity contribution in [1.82, 2.24) is 0 Å². The molecule has 0 radical (unpaired) electrons. The number of benzene rings is 2. The summed E-state index contributed by atoms with van der Waals surface area (Å²) < 4.78 is 45.3. The van der Waals surface area contributed by atoms with Gasteiger partial charge < -0.3 is 24.3 Å². The van der Waals surface area contributed by atoms with Gasteiger partial charge in [-0.25, -0.2) is 0 Å². The van der Waals surface area contributed by atoms with Gasteiger partial charge in [0.05, 0.1) is 7.11 Å². The van der Waals surface area contributed by atoms with E-state index in [0.29, 0.717) is 11.5 Å². The third-order valence-electron chi connectivity index (χ3n) is 3.45. The van der Waals surface area contributed by atoms with Gasteiger partial charge in [-0.2, -0.15) is 8.78 Å². The van der Waals surface area contributed by atoms with Crippen molar-refractivity contribution in [2.45, 2.75) is 12.7 Å². The molecule has 0 unspecified atom stereocenters. The lowest BCUT2D eigenvalue weighted by molar-refractivity contribution is -0.125. The number of carbonyl (C=O) groups excluding carboxylic acids is 1. The first-order chi connectivity index (χ1) is 12.1. The average Bonchev–Trinajstić information content (AvgIpc) is 2.61. The topological polar surface area (TPSA) is 66.0 Å². The quantitative estimate of drug-likeness (QED) is 0.897. The zero-order valence-corrected chi connectivity index (χ0v) is 13.2. The van der Waals surface area contributed by atoms with Gasteiger partial charge in [-0.1, -0.05) is 12.1 Å². The van der Waals surface area contributed by atoms with Gasteiger partial charge in [-0.3, -0.25) is 4.79 Å². The van der Waals surface area contributed by atoms with Crippen LogP contribution in [0, 0.1) is 0 Å². The van der Waals surface area contributed by atoms with Gasteiger partial charge in [-0.15, -0.1) is 0 Å². The van der Waals surface area contributed by atoms with Crippen LogP contribution in [0.5, 0.6) is 23.0 Å². The lowest BCUT2D eigenvalue weighted by Gasteiger charge is -2.25. The Morgan fingerprint density at radius 2 is 1.96 bits per heavy atom. The summed E-state index contributed by atoms with van der Waals surface area (Å²) in [5, 5.41) is 2.58. The average molecular weight is 351 g/mol. The summed E-state index contributed by atoms with van der Waals surface area (Å²) in [6.45, 7) is -2.97. The molecule has 0 spiro atoms. The van der Waals surface area contributed by atoms with Gasteiger partial charge >= 0.3 is 6.61 Å². The molecule has 6 nitrogen and oxygen atoms in total. The first-order valence-corrected chi connectivity index (χ1v) is 7.39. The highest BCUT2D eigenvalue weighted by Crippen LogP contribution is 2.33. The largest absolute Gasteiger partial charge is 0.493 e. The number of amides is 1. The Morgan fingerprint density at radius 1 is 1.20 bits per heavy atom. The van der Waals surface area contributed by atoms with Crippen molar-refractivity contribution in [3.05, 3.63) is 42.5 Å². The van der Waals surface area contributed by atoms with Crippen molar-refractivity contribution in [3.63, 3.8) is 0 Å². The predicted molar refractivity (Wildman–Crippen MR) is 84.6 cm³/mol. The van der Waals surface area contributed by atoms with E-state index in [2.05, 4.69) is 10.1 Å². The Morgan fingerprint density at radius 3 is 2.68 bits per heavy atom. The first-order valence-electron chi connectivity index (χ1n) is 7.39. The molecule has 2 aromatic rings. The first kappa shape index (κ1) is 16.8. The number of hydrogen-bond acceptors (Lipinski definition) is 5. The maximum absolute atomic E-state index is 12.5. The van der Waals surface area contributed by atoms with Gasteiger partial charge in [0.15, 0.2) is 23.0 Å². The highest BCUT2D eigenvalue weighted by Gasteiger charge is 2.27. The minimum atomic E-state index is -3.01. The number of anilines is 1. The summed E-state index contributed by atoms with van der Waals surface area (Å²) in [6.07, 6.45) is -0.864. The van der Waals surface area contributed by atoms with E-state index in [1.54, 1.807) is 24.3 Å². The van der Waals surface area contributed by atoms with Crippen LogP contribution in [0.3, 0.4) is 0 Å². The molecule has 0 aromatic heterocycles. The summed E-state index contributed by atoms with van der Waals surface area (Å²) in [4.78, 5) is 12.3. The number of carbonyl (C=O) groups is 1. The van der Waals surface area contributed by atoms with E-state index in [1.807, 2.05) is 0 Å². The van der Waals surface area contributed by atoms with Crippen LogP contribution >= 0.6 is 0 Å². The van der Waals surface area contributed by atoms with Crippen LogP contribution < -0.4 is 24.3 Å². The molecule has 1 aliphatic heterocycles. The van der Waals surface area contributed by atoms with Crippen molar-refractivity contribution in [1.29, 1.82) is 0 Å². The molecule has 1 atom stereocenters. The van der Waals surface area contributed by atoms with Crippen LogP contribution in [0.2, 0.25) is 0 Å². The van der Waals surface area contributed by atoms with Crippen LogP contribution in [0.15, 0.2) is 42.5 Å². The van der Waals surface area contributed by atoms with E-state index >= 15 is 0 Å². The van der Waals surface area contributed by atoms with Gasteiger partial charge in [-0.05, 0) is 24.3 Å². The Kier molecular flexibility index (Phi) is 4.87. The van der Waals surface area contributed by atoms with Crippen LogP contribution in [-0.4, -0.2) is 32.3 Å². The Labute approximate surface area is 142 Å². The summed E-state index contributed by atoms with van der Waals surface area (Å²) in [6, 6.07) is 11.2. The molecule has 132 valence electrons. The van der Waals surface area contributed by atoms with Crippen LogP contribution in [0.4, 0.5) is 14.5 Å². The number of halogens is 2. The number of rotatable bonds is 5. The molecule has 1 heterocycles. The SMILES string of the molecule is COc1ccc(NC(=O)[C@@H]2COc3ccccc3O2)cc1OC(F)F. The molecule has 1 aliphatic rings. The number of methoxy groups -OCH3 is 1. The van der Waals surface area contributed by atoms with E-state index in [-0.39, 0.29) is 23.8 Å². The van der Waals surface area contributed by atoms with Crippen molar-refractivity contribution >= 4 is 11.6 Å². The van der Waals surface area contributed by atoms with Crippen LogP contribution in [-0.2, 0) is 4.79 Å². The molecular weight excluding hydrogens is 336 g/mol. The number of ether oxygens (including phenoxy) is 4. The molecular formula is C17H15F2NO5. The fraction of sp³-hybridized carbons (Fsp3) is 0.235. The monoisotopic (exact) mass is 351 g/mol. The Balaban J connectivity index is 1.71. The molecule has 1 N–H and O–H groups in total. The number of para-hydroxylation sites is 2. The zero-order chi connectivity index (χ0) is 17.8. The highest BCUT2D eigenvalue weighted by atomic mass is 19.3. The number of nitrogens with one attached hydrogen (secondary N) is 1. The fourth-order valence-corrected chi connectivity index (χ4v) is 2.31. The number of hydrogen-bond donors (Lipinski definition) is 1. The zero-order valence-electron chi connectivity index (χ0n) is 13.2. The molecule has 2 aromatic carbocycles. The second kappa shape index (κ2) is 7.25. The lowest BCUT2D eigenvalue weighted by atomic mass is 10.2. The second-order valence-corrected chi connectivity index (χ2v) is 5.10. The van der Waals surface area contributed by atoms with Crippen molar-refractivity contribution in [3.8, 4) is 23.0 Å². The van der Waals surface area contributed by atoms with Gasteiger partial charge in [0.1, 0.15) is 6.61 Å². The number of fused-ring (bicyclic) bond motifs is 1. The van der Waals surface area contributed by atoms with E-state index in [4.69, 9.17) is 14.2 Å². The lowest BCUT2D eigenvalue weighted by Crippen LogP contribution is -2.40. The van der Waals surface area contributed by atoms with Crippen molar-refractivity contribution in [2.75, 3.05) is 19.0 Å². The van der Waals surface area contributed by atoms with E-state index in [0.717, 1.165) is 0 Å². The van der Waals surface area contributed by atoms with Crippen molar-refractivity contribution in [2.24, 2.45) is 0 Å². The molecule has 0 fully saturated rings. The van der Waals surface area contributed by atoms with Crippen LogP contribution in [0.25, 0.3) is 0 Å². The molecule has 1 amide bonds. The van der Waals surface area contributed by atoms with Gasteiger partial charge in [0.2, 0.25) is 6.10 Å². The summed E-state index contributed by atoms with van der Waals surface area (Å²) in [7, 11) is 1.33. The molecule has 0 saturated carbocycles. The predicted octanol–water partition coefficient (Wildman–Crippen LogP) is 3.08. The van der Waals surface area contributed by atoms with Crippen LogP contribution in [0.1, 0.15) is 0 Å². The third-order valence-corrected chi connectivity index (χ3v) is 3.45. The van der Waals surface area contributed by atoms with Crippen molar-refractivity contribution < 1.29 is 32.5 Å². The highest BCUT2D eigenvalue weighted by molar-refractivity contribution is 5.95. The maximum atomic E-state index is 12.5. The standard InChI is InChI=1S/C17H15F2NO5/c1-22-11-7-6-10(8-14(11)25-17(18)19)20-16(21)15-9-23-12-4-2-3-5-13(12)24-15/h2-8,15,17H,9H2,1H3,(H,20,21)/t15-/m0/s1. The summed E-state index contributed by atoms with van der Waals surface area (Å²) in [5.41, 5.74) is 0.268. The minimum absolute atomic E-state index is 0.0411. The molecule has 0 saturated heterocycles. The smallest absolute Gasteiger partial charge is 0.387 e. The van der Waals surface area contributed by atoms with Gasteiger partial charge in [0, 0.05) is 11.8 Å². The van der Waals surface area contributed by atoms with Gasteiger partial charge in [0.25, 0.3) is 5.91 Å². The summed E-state index contributed by atoms with van der Waals surface area (Å²) in [5.74, 6) is 0.502. The fourth-order valence-electron chi connectivity index (χ4n) is 2.31. The number of alkyl halides is 2. The maximum Gasteiger partial charge on any atom is 0.387 e. The van der Waals surface area contributed by atoms with E-state index < -0.39 is 18.6 Å². The second-order valence-electron chi connectivity index (χ2n) is 5.10.